The maximum absolute atomic E-state index is 5.84. The number of hydrogen-bond donors (Lipinski definition) is 3. The third-order valence-corrected chi connectivity index (χ3v) is 4.49. The average molecular weight is 311 g/mol. The summed E-state index contributed by atoms with van der Waals surface area (Å²) in [5.41, 5.74) is 3.75. The van der Waals surface area contributed by atoms with Crippen LogP contribution in [0.25, 0.3) is 22.5 Å². The largest absolute Gasteiger partial charge is 0.441 e. The van der Waals surface area contributed by atoms with E-state index in [-0.39, 0.29) is 0 Å². The molecular weight excluding hydrogens is 290 g/mol. The van der Waals surface area contributed by atoms with Gasteiger partial charge in [-0.1, -0.05) is 0 Å². The number of rotatable bonds is 3. The first-order chi connectivity index (χ1) is 11.2. The summed E-state index contributed by atoms with van der Waals surface area (Å²) >= 11 is 0. The fourth-order valence-corrected chi connectivity index (χ4v) is 3.09. The van der Waals surface area contributed by atoms with Crippen molar-refractivity contribution < 1.29 is 4.42 Å². The number of aromatic amines is 1. The lowest BCUT2D eigenvalue weighted by atomic mass is 10.1. The van der Waals surface area contributed by atoms with E-state index in [1.807, 2.05) is 32.3 Å². The Morgan fingerprint density at radius 3 is 3.00 bits per heavy atom. The predicted octanol–water partition coefficient (Wildman–Crippen LogP) is 3.00. The smallest absolute Gasteiger partial charge is 0.230 e. The van der Waals surface area contributed by atoms with E-state index in [4.69, 9.17) is 4.42 Å². The Morgan fingerprint density at radius 2 is 2.26 bits per heavy atom. The van der Waals surface area contributed by atoms with E-state index in [1.54, 1.807) is 0 Å². The molecule has 23 heavy (non-hydrogen) atoms. The zero-order valence-electron chi connectivity index (χ0n) is 13.4. The van der Waals surface area contributed by atoms with E-state index in [1.165, 1.54) is 6.42 Å². The average Bonchev–Trinajstić information content (AvgIpc) is 3.16. The highest BCUT2D eigenvalue weighted by Gasteiger charge is 2.20. The summed E-state index contributed by atoms with van der Waals surface area (Å²) in [6.45, 7) is 5.96. The van der Waals surface area contributed by atoms with Gasteiger partial charge in [0, 0.05) is 30.4 Å². The highest BCUT2D eigenvalue weighted by atomic mass is 16.4. The zero-order chi connectivity index (χ0) is 15.8. The maximum Gasteiger partial charge on any atom is 0.230 e. The van der Waals surface area contributed by atoms with E-state index in [9.17, 15) is 0 Å². The van der Waals surface area contributed by atoms with Gasteiger partial charge in [-0.05, 0) is 39.3 Å². The van der Waals surface area contributed by atoms with Crippen molar-refractivity contribution >= 4 is 16.7 Å². The van der Waals surface area contributed by atoms with Gasteiger partial charge in [-0.15, -0.1) is 0 Å². The molecule has 1 unspecified atom stereocenters. The molecule has 0 amide bonds. The molecule has 1 fully saturated rings. The monoisotopic (exact) mass is 311 g/mol. The molecule has 0 bridgehead atoms. The maximum atomic E-state index is 5.84. The Hall–Kier alpha value is -2.34. The second-order valence-electron chi connectivity index (χ2n) is 6.14. The van der Waals surface area contributed by atoms with Gasteiger partial charge in [0.1, 0.15) is 11.4 Å². The van der Waals surface area contributed by atoms with Crippen LogP contribution in [0.4, 0.5) is 5.69 Å². The number of pyridine rings is 1. The number of nitrogens with zero attached hydrogens (tertiary/aromatic N) is 2. The van der Waals surface area contributed by atoms with Crippen LogP contribution >= 0.6 is 0 Å². The summed E-state index contributed by atoms with van der Waals surface area (Å²) in [6, 6.07) is 2.45. The molecule has 1 aliphatic rings. The van der Waals surface area contributed by atoms with Gasteiger partial charge >= 0.3 is 0 Å². The molecule has 4 rings (SSSR count). The van der Waals surface area contributed by atoms with E-state index in [2.05, 4.69) is 25.6 Å². The first-order valence-electron chi connectivity index (χ1n) is 8.10. The van der Waals surface area contributed by atoms with E-state index in [0.29, 0.717) is 11.9 Å². The van der Waals surface area contributed by atoms with Crippen LogP contribution in [-0.4, -0.2) is 34.1 Å². The van der Waals surface area contributed by atoms with Gasteiger partial charge in [-0.3, -0.25) is 0 Å². The van der Waals surface area contributed by atoms with Crippen molar-refractivity contribution in [1.29, 1.82) is 0 Å². The molecule has 4 heterocycles. The number of oxazole rings is 1. The van der Waals surface area contributed by atoms with Crippen molar-refractivity contribution in [3.05, 3.63) is 29.9 Å². The first-order valence-corrected chi connectivity index (χ1v) is 8.10. The van der Waals surface area contributed by atoms with Gasteiger partial charge in [0.25, 0.3) is 0 Å². The van der Waals surface area contributed by atoms with Crippen LogP contribution in [0.1, 0.15) is 24.3 Å². The van der Waals surface area contributed by atoms with Crippen LogP contribution in [0, 0.1) is 13.8 Å². The van der Waals surface area contributed by atoms with Gasteiger partial charge in [0.2, 0.25) is 5.89 Å². The Morgan fingerprint density at radius 1 is 1.35 bits per heavy atom. The Kier molecular flexibility index (Phi) is 3.53. The quantitative estimate of drug-likeness (QED) is 0.693. The number of fused-ring (bicyclic) bond motifs is 1. The van der Waals surface area contributed by atoms with Crippen LogP contribution in [-0.2, 0) is 0 Å². The minimum Gasteiger partial charge on any atom is -0.441 e. The minimum absolute atomic E-state index is 0.403. The van der Waals surface area contributed by atoms with Crippen LogP contribution < -0.4 is 10.6 Å². The second kappa shape index (κ2) is 5.70. The third kappa shape index (κ3) is 2.59. The summed E-state index contributed by atoms with van der Waals surface area (Å²) < 4.78 is 5.84. The molecule has 3 aromatic rings. The van der Waals surface area contributed by atoms with E-state index in [0.717, 1.165) is 53.2 Å². The molecule has 0 spiro atoms. The molecule has 0 saturated carbocycles. The Bertz CT molecular complexity index is 809. The van der Waals surface area contributed by atoms with Crippen molar-refractivity contribution in [2.45, 2.75) is 32.7 Å². The van der Waals surface area contributed by atoms with Crippen molar-refractivity contribution in [3.63, 3.8) is 0 Å². The minimum atomic E-state index is 0.403. The molecule has 1 atom stereocenters. The molecule has 0 aliphatic carbocycles. The summed E-state index contributed by atoms with van der Waals surface area (Å²) in [5.74, 6) is 1.47. The summed E-state index contributed by atoms with van der Waals surface area (Å²) in [5, 5.41) is 8.20. The summed E-state index contributed by atoms with van der Waals surface area (Å²) in [7, 11) is 0. The first kappa shape index (κ1) is 14.3. The van der Waals surface area contributed by atoms with Crippen molar-refractivity contribution in [2.24, 2.45) is 0 Å². The molecule has 120 valence electrons. The lowest BCUT2D eigenvalue weighted by molar-refractivity contribution is 0.480. The SMILES string of the molecule is Cc1nc(-c2cnc3[nH]ccc3c2NC2CCCNC2)oc1C. The standard InChI is InChI=1S/C17H21N5O/c1-10-11(2)23-17(21-10)14-9-20-16-13(5-7-19-16)15(14)22-12-4-3-6-18-8-12/h5,7,9,12,18H,3-4,6,8H2,1-2H3,(H2,19,20,22). The zero-order valence-corrected chi connectivity index (χ0v) is 13.4. The molecule has 3 aromatic heterocycles. The lowest BCUT2D eigenvalue weighted by Crippen LogP contribution is -2.38. The van der Waals surface area contributed by atoms with Crippen molar-refractivity contribution in [2.75, 3.05) is 18.4 Å². The number of H-pyrrole nitrogens is 1. The van der Waals surface area contributed by atoms with Crippen molar-refractivity contribution in [3.8, 4) is 11.5 Å². The van der Waals surface area contributed by atoms with Gasteiger partial charge in [-0.25, -0.2) is 9.97 Å². The molecule has 0 aromatic carbocycles. The molecular formula is C17H21N5O. The van der Waals surface area contributed by atoms with Crippen LogP contribution in [0.2, 0.25) is 0 Å². The number of aryl methyl sites for hydroxylation is 2. The fraction of sp³-hybridized carbons (Fsp3) is 0.412. The second-order valence-corrected chi connectivity index (χ2v) is 6.14. The number of aromatic nitrogens is 3. The van der Waals surface area contributed by atoms with Gasteiger partial charge in [0.15, 0.2) is 0 Å². The molecule has 1 saturated heterocycles. The molecule has 6 nitrogen and oxygen atoms in total. The predicted molar refractivity (Wildman–Crippen MR) is 90.6 cm³/mol. The van der Waals surface area contributed by atoms with Gasteiger partial charge < -0.3 is 20.0 Å². The van der Waals surface area contributed by atoms with Crippen molar-refractivity contribution in [1.82, 2.24) is 20.3 Å². The number of hydrogen-bond acceptors (Lipinski definition) is 5. The lowest BCUT2D eigenvalue weighted by Gasteiger charge is -2.26. The summed E-state index contributed by atoms with van der Waals surface area (Å²) in [6.07, 6.45) is 6.09. The molecule has 0 radical (unpaired) electrons. The molecule has 6 heteroatoms. The Labute approximate surface area is 134 Å². The molecule has 3 N–H and O–H groups in total. The fourth-order valence-electron chi connectivity index (χ4n) is 3.09. The summed E-state index contributed by atoms with van der Waals surface area (Å²) in [4.78, 5) is 12.2. The topological polar surface area (TPSA) is 78.8 Å². The number of piperidine rings is 1. The highest BCUT2D eigenvalue weighted by molar-refractivity contribution is 5.97. The Balaban J connectivity index is 1.80. The normalized spacial score (nSPS) is 18.4. The van der Waals surface area contributed by atoms with Gasteiger partial charge in [0.05, 0.1) is 16.9 Å². The third-order valence-electron chi connectivity index (χ3n) is 4.49. The van der Waals surface area contributed by atoms with Gasteiger partial charge in [-0.2, -0.15) is 0 Å². The van der Waals surface area contributed by atoms with Crippen LogP contribution in [0.3, 0.4) is 0 Å². The number of nitrogens with one attached hydrogen (secondary N) is 3. The van der Waals surface area contributed by atoms with E-state index >= 15 is 0 Å². The van der Waals surface area contributed by atoms with E-state index < -0.39 is 0 Å². The van der Waals surface area contributed by atoms with Crippen LogP contribution in [0.5, 0.6) is 0 Å². The van der Waals surface area contributed by atoms with Crippen LogP contribution in [0.15, 0.2) is 22.9 Å². The highest BCUT2D eigenvalue weighted by Crippen LogP contribution is 2.34. The molecule has 1 aliphatic heterocycles. The number of anilines is 1.